The maximum atomic E-state index is 11.8. The molecule has 0 atom stereocenters. The van der Waals surface area contributed by atoms with E-state index in [0.717, 1.165) is 22.5 Å². The molecular weight excluding hydrogens is 370 g/mol. The number of anilines is 2. The molecule has 0 radical (unpaired) electrons. The number of amides is 1. The minimum Gasteiger partial charge on any atom is -0.450 e. The van der Waals surface area contributed by atoms with Gasteiger partial charge in [-0.05, 0) is 42.8 Å². The topological polar surface area (TPSA) is 118 Å². The Balaban J connectivity index is 1.84. The maximum absolute atomic E-state index is 11.8. The summed E-state index contributed by atoms with van der Waals surface area (Å²) in [7, 11) is 1.82. The first kappa shape index (κ1) is 18.4. The minimum atomic E-state index is -0.573. The van der Waals surface area contributed by atoms with Crippen LogP contribution in [0.3, 0.4) is 0 Å². The van der Waals surface area contributed by atoms with Crippen LogP contribution in [0.2, 0.25) is 0 Å². The van der Waals surface area contributed by atoms with Crippen molar-refractivity contribution in [2.75, 3.05) is 24.3 Å². The number of pyridine rings is 1. The van der Waals surface area contributed by atoms with Crippen LogP contribution in [0, 0.1) is 0 Å². The van der Waals surface area contributed by atoms with Crippen LogP contribution in [-0.2, 0) is 4.74 Å². The second-order valence-electron chi connectivity index (χ2n) is 6.10. The normalized spacial score (nSPS) is 10.7. The zero-order chi connectivity index (χ0) is 20.2. The molecule has 3 heterocycles. The fourth-order valence-electron chi connectivity index (χ4n) is 2.93. The second-order valence-corrected chi connectivity index (χ2v) is 6.10. The van der Waals surface area contributed by atoms with E-state index in [2.05, 4.69) is 35.6 Å². The Morgan fingerprint density at radius 2 is 1.97 bits per heavy atom. The summed E-state index contributed by atoms with van der Waals surface area (Å²) in [6, 6.07) is 9.52. The van der Waals surface area contributed by atoms with Crippen LogP contribution in [0.15, 0.2) is 48.9 Å². The SMILES string of the molecule is CCOC(=O)Nc1nc2cc(-c3ccc(NC)nc3)cc(-c3ncccn3)c2[nH]1. The molecule has 9 heteroatoms. The lowest BCUT2D eigenvalue weighted by Gasteiger charge is -2.07. The van der Waals surface area contributed by atoms with Crippen molar-refractivity contribution in [1.29, 1.82) is 0 Å². The molecule has 146 valence electrons. The third-order valence-corrected chi connectivity index (χ3v) is 4.25. The van der Waals surface area contributed by atoms with Gasteiger partial charge in [-0.15, -0.1) is 0 Å². The van der Waals surface area contributed by atoms with Gasteiger partial charge in [0.05, 0.1) is 17.6 Å². The third-order valence-electron chi connectivity index (χ3n) is 4.25. The summed E-state index contributed by atoms with van der Waals surface area (Å²) in [6.07, 6.45) is 4.57. The van der Waals surface area contributed by atoms with Crippen molar-refractivity contribution >= 4 is 28.9 Å². The number of hydrogen-bond donors (Lipinski definition) is 3. The van der Waals surface area contributed by atoms with Crippen LogP contribution in [0.4, 0.5) is 16.6 Å². The van der Waals surface area contributed by atoms with E-state index in [9.17, 15) is 4.79 Å². The highest BCUT2D eigenvalue weighted by atomic mass is 16.5. The van der Waals surface area contributed by atoms with Gasteiger partial charge in [-0.1, -0.05) is 0 Å². The van der Waals surface area contributed by atoms with E-state index in [1.54, 1.807) is 31.6 Å². The van der Waals surface area contributed by atoms with Crippen molar-refractivity contribution in [2.24, 2.45) is 0 Å². The van der Waals surface area contributed by atoms with E-state index >= 15 is 0 Å². The van der Waals surface area contributed by atoms with Crippen molar-refractivity contribution in [2.45, 2.75) is 6.92 Å². The number of H-pyrrole nitrogens is 1. The quantitative estimate of drug-likeness (QED) is 0.476. The molecule has 1 amide bonds. The van der Waals surface area contributed by atoms with E-state index in [-0.39, 0.29) is 12.6 Å². The van der Waals surface area contributed by atoms with Crippen molar-refractivity contribution in [3.63, 3.8) is 0 Å². The number of ether oxygens (including phenoxy) is 1. The summed E-state index contributed by atoms with van der Waals surface area (Å²) < 4.78 is 4.92. The Morgan fingerprint density at radius 1 is 1.14 bits per heavy atom. The highest BCUT2D eigenvalue weighted by Crippen LogP contribution is 2.32. The van der Waals surface area contributed by atoms with Gasteiger partial charge >= 0.3 is 6.09 Å². The highest BCUT2D eigenvalue weighted by molar-refractivity contribution is 5.96. The lowest BCUT2D eigenvalue weighted by atomic mass is 10.0. The number of nitrogens with zero attached hydrogens (tertiary/aromatic N) is 4. The van der Waals surface area contributed by atoms with Gasteiger partial charge in [0.1, 0.15) is 5.82 Å². The predicted molar refractivity (Wildman–Crippen MR) is 111 cm³/mol. The van der Waals surface area contributed by atoms with Crippen LogP contribution in [0.5, 0.6) is 0 Å². The summed E-state index contributed by atoms with van der Waals surface area (Å²) in [4.78, 5) is 32.5. The molecule has 0 aliphatic carbocycles. The first-order valence-corrected chi connectivity index (χ1v) is 9.07. The van der Waals surface area contributed by atoms with Gasteiger partial charge in [-0.25, -0.2) is 24.7 Å². The standard InChI is InChI=1S/C20H19N7O2/c1-3-29-20(28)27-19-25-15-10-13(12-5-6-16(21-2)24-11-12)9-14(17(15)26-19)18-22-7-4-8-23-18/h4-11H,3H2,1-2H3,(H,21,24)(H2,25,26,27,28). The summed E-state index contributed by atoms with van der Waals surface area (Å²) in [6.45, 7) is 2.01. The molecule has 3 aromatic heterocycles. The van der Waals surface area contributed by atoms with E-state index in [1.165, 1.54) is 0 Å². The van der Waals surface area contributed by atoms with E-state index in [4.69, 9.17) is 4.74 Å². The number of aromatic nitrogens is 5. The molecule has 1 aromatic carbocycles. The number of imidazole rings is 1. The Labute approximate surface area is 166 Å². The largest absolute Gasteiger partial charge is 0.450 e. The van der Waals surface area contributed by atoms with Gasteiger partial charge in [0.15, 0.2) is 5.82 Å². The lowest BCUT2D eigenvalue weighted by molar-refractivity contribution is 0.167. The number of hydrogen-bond acceptors (Lipinski definition) is 7. The molecule has 4 aromatic rings. The molecule has 0 aliphatic heterocycles. The van der Waals surface area contributed by atoms with Crippen LogP contribution in [0.1, 0.15) is 6.92 Å². The number of nitrogens with one attached hydrogen (secondary N) is 3. The van der Waals surface area contributed by atoms with Crippen molar-refractivity contribution in [3.05, 3.63) is 48.9 Å². The second kappa shape index (κ2) is 7.93. The first-order chi connectivity index (χ1) is 14.2. The number of rotatable bonds is 5. The van der Waals surface area contributed by atoms with E-state index in [1.807, 2.05) is 31.3 Å². The van der Waals surface area contributed by atoms with Crippen molar-refractivity contribution in [1.82, 2.24) is 24.9 Å². The summed E-state index contributed by atoms with van der Waals surface area (Å²) in [5.74, 6) is 1.61. The molecule has 4 rings (SSSR count). The van der Waals surface area contributed by atoms with Gasteiger partial charge < -0.3 is 15.0 Å². The molecule has 0 spiro atoms. The Hall–Kier alpha value is -4.01. The molecule has 0 aliphatic rings. The van der Waals surface area contributed by atoms with Crippen molar-refractivity contribution in [3.8, 4) is 22.5 Å². The maximum Gasteiger partial charge on any atom is 0.413 e. The van der Waals surface area contributed by atoms with Gasteiger partial charge in [-0.2, -0.15) is 0 Å². The monoisotopic (exact) mass is 389 g/mol. The van der Waals surface area contributed by atoms with Crippen LogP contribution >= 0.6 is 0 Å². The molecule has 9 nitrogen and oxygen atoms in total. The average Bonchev–Trinajstić information content (AvgIpc) is 3.16. The van der Waals surface area contributed by atoms with Gasteiger partial charge in [0.2, 0.25) is 5.95 Å². The summed E-state index contributed by atoms with van der Waals surface area (Å²) in [5, 5.41) is 5.60. The van der Waals surface area contributed by atoms with Crippen LogP contribution in [0.25, 0.3) is 33.5 Å². The van der Waals surface area contributed by atoms with Crippen LogP contribution < -0.4 is 10.6 Å². The highest BCUT2D eigenvalue weighted by Gasteiger charge is 2.15. The fourth-order valence-corrected chi connectivity index (χ4v) is 2.93. The minimum absolute atomic E-state index is 0.273. The Morgan fingerprint density at radius 3 is 2.66 bits per heavy atom. The van der Waals surface area contributed by atoms with Crippen molar-refractivity contribution < 1.29 is 9.53 Å². The number of carbonyl (C=O) groups is 1. The van der Waals surface area contributed by atoms with Crippen LogP contribution in [-0.4, -0.2) is 44.7 Å². The van der Waals surface area contributed by atoms with Gasteiger partial charge in [0.25, 0.3) is 0 Å². The average molecular weight is 389 g/mol. The Bertz CT molecular complexity index is 1140. The summed E-state index contributed by atoms with van der Waals surface area (Å²) >= 11 is 0. The predicted octanol–water partition coefficient (Wildman–Crippen LogP) is 3.69. The molecule has 29 heavy (non-hydrogen) atoms. The zero-order valence-electron chi connectivity index (χ0n) is 15.9. The molecular formula is C20H19N7O2. The number of benzene rings is 1. The smallest absolute Gasteiger partial charge is 0.413 e. The van der Waals surface area contributed by atoms with E-state index < -0.39 is 6.09 Å². The molecule has 3 N–H and O–H groups in total. The number of aromatic amines is 1. The number of fused-ring (bicyclic) bond motifs is 1. The molecule has 0 fully saturated rings. The molecule has 0 saturated heterocycles. The molecule has 0 saturated carbocycles. The zero-order valence-corrected chi connectivity index (χ0v) is 15.9. The fraction of sp³-hybridized carbons (Fsp3) is 0.150. The van der Waals surface area contributed by atoms with Gasteiger partial charge in [0, 0.05) is 36.8 Å². The molecule has 0 unspecified atom stereocenters. The summed E-state index contributed by atoms with van der Waals surface area (Å²) in [5.41, 5.74) is 3.97. The third kappa shape index (κ3) is 3.84. The Kier molecular flexibility index (Phi) is 5.02. The lowest BCUT2D eigenvalue weighted by Crippen LogP contribution is -2.14. The van der Waals surface area contributed by atoms with E-state index in [0.29, 0.717) is 16.9 Å². The molecule has 0 bridgehead atoms. The van der Waals surface area contributed by atoms with Gasteiger partial charge in [-0.3, -0.25) is 5.32 Å². The number of carbonyl (C=O) groups excluding carboxylic acids is 1. The first-order valence-electron chi connectivity index (χ1n) is 9.07.